The van der Waals surface area contributed by atoms with Gasteiger partial charge >= 0.3 is 0 Å². The first-order valence-electron chi connectivity index (χ1n) is 6.03. The first-order valence-corrected chi connectivity index (χ1v) is 8.61. The summed E-state index contributed by atoms with van der Waals surface area (Å²) in [6, 6.07) is 12.0. The van der Waals surface area contributed by atoms with Crippen molar-refractivity contribution in [1.82, 2.24) is 0 Å². The minimum atomic E-state index is -3.98. The van der Waals surface area contributed by atoms with Gasteiger partial charge in [-0.25, -0.2) is 8.42 Å². The van der Waals surface area contributed by atoms with Gasteiger partial charge in [0.25, 0.3) is 10.0 Å². The van der Waals surface area contributed by atoms with Gasteiger partial charge in [-0.2, -0.15) is 0 Å². The van der Waals surface area contributed by atoms with Crippen LogP contribution in [0.3, 0.4) is 0 Å². The molecule has 0 saturated heterocycles. The van der Waals surface area contributed by atoms with Crippen LogP contribution in [-0.4, -0.2) is 20.2 Å². The van der Waals surface area contributed by atoms with Crippen LogP contribution in [-0.2, 0) is 14.8 Å². The Bertz CT molecular complexity index is 794. The average molecular weight is 379 g/mol. The van der Waals surface area contributed by atoms with E-state index in [2.05, 4.69) is 0 Å². The Kier molecular flexibility index (Phi) is 5.34. The first kappa shape index (κ1) is 17.1. The van der Waals surface area contributed by atoms with Crippen molar-refractivity contribution >= 4 is 55.8 Å². The number of hydrogen-bond acceptors (Lipinski definition) is 3. The highest BCUT2D eigenvalue weighted by molar-refractivity contribution is 7.92. The van der Waals surface area contributed by atoms with Crippen molar-refractivity contribution in [3.8, 4) is 0 Å². The predicted molar refractivity (Wildman–Crippen MR) is 88.3 cm³/mol. The van der Waals surface area contributed by atoms with E-state index in [1.165, 1.54) is 30.3 Å². The van der Waals surface area contributed by atoms with Crippen molar-refractivity contribution in [2.24, 2.45) is 0 Å². The molecule has 0 unspecified atom stereocenters. The minimum Gasteiger partial charge on any atom is -0.279 e. The van der Waals surface area contributed by atoms with Crippen LogP contribution < -0.4 is 4.31 Å². The molecule has 0 saturated carbocycles. The van der Waals surface area contributed by atoms with Gasteiger partial charge in [0.05, 0.1) is 15.6 Å². The van der Waals surface area contributed by atoms with Crippen molar-refractivity contribution in [2.45, 2.75) is 4.90 Å². The number of sulfonamides is 1. The van der Waals surface area contributed by atoms with Crippen LogP contribution in [0, 0.1) is 0 Å². The van der Waals surface area contributed by atoms with E-state index in [4.69, 9.17) is 34.8 Å². The van der Waals surface area contributed by atoms with Crippen molar-refractivity contribution in [3.05, 3.63) is 58.6 Å². The molecule has 0 atom stereocenters. The number of hydrogen-bond donors (Lipinski definition) is 0. The van der Waals surface area contributed by atoms with E-state index < -0.39 is 21.8 Å². The number of carbonyl (C=O) groups excluding carboxylic acids is 1. The maximum atomic E-state index is 12.7. The molecule has 0 spiro atoms. The van der Waals surface area contributed by atoms with Crippen molar-refractivity contribution in [3.63, 3.8) is 0 Å². The number of nitrogens with zero attached hydrogens (tertiary/aromatic N) is 1. The Labute approximate surface area is 143 Å². The molecule has 0 aliphatic carbocycles. The second kappa shape index (κ2) is 6.87. The summed E-state index contributed by atoms with van der Waals surface area (Å²) < 4.78 is 26.3. The fraction of sp³-hybridized carbons (Fsp3) is 0.0714. The van der Waals surface area contributed by atoms with Gasteiger partial charge in [-0.05, 0) is 41.9 Å². The van der Waals surface area contributed by atoms with E-state index >= 15 is 0 Å². The minimum absolute atomic E-state index is 0.0268. The molecular formula is C14H10Cl3NO3S. The molecule has 22 heavy (non-hydrogen) atoms. The summed E-state index contributed by atoms with van der Waals surface area (Å²) in [5.41, 5.74) is 0.129. The predicted octanol–water partition coefficient (Wildman–Crippen LogP) is 3.95. The molecule has 2 aromatic carbocycles. The fourth-order valence-corrected chi connectivity index (χ4v) is 4.03. The Morgan fingerprint density at radius 2 is 1.68 bits per heavy atom. The fourth-order valence-electron chi connectivity index (χ4n) is 1.82. The molecule has 0 heterocycles. The molecule has 4 nitrogen and oxygen atoms in total. The van der Waals surface area contributed by atoms with Crippen molar-refractivity contribution in [2.75, 3.05) is 10.8 Å². The zero-order valence-corrected chi connectivity index (χ0v) is 14.1. The normalized spacial score (nSPS) is 11.2. The highest BCUT2D eigenvalue weighted by atomic mass is 35.5. The lowest BCUT2D eigenvalue weighted by Crippen LogP contribution is -2.34. The summed E-state index contributed by atoms with van der Waals surface area (Å²) in [4.78, 5) is 11.3. The van der Waals surface area contributed by atoms with Crippen LogP contribution in [0.5, 0.6) is 0 Å². The van der Waals surface area contributed by atoms with Crippen LogP contribution in [0.1, 0.15) is 0 Å². The molecule has 0 radical (unpaired) electrons. The van der Waals surface area contributed by atoms with Crippen molar-refractivity contribution in [1.29, 1.82) is 0 Å². The number of rotatable bonds is 5. The average Bonchev–Trinajstić information content (AvgIpc) is 2.46. The number of anilines is 1. The molecule has 0 fully saturated rings. The van der Waals surface area contributed by atoms with Crippen molar-refractivity contribution < 1.29 is 13.2 Å². The van der Waals surface area contributed by atoms with E-state index in [-0.39, 0.29) is 15.6 Å². The van der Waals surface area contributed by atoms with Gasteiger partial charge in [0.15, 0.2) is 0 Å². The molecule has 0 aliphatic heterocycles. The van der Waals surface area contributed by atoms with E-state index in [9.17, 15) is 13.2 Å². The Morgan fingerprint density at radius 1 is 1.05 bits per heavy atom. The SMILES string of the molecule is O=C(Cl)CN(c1ccc(Cl)cc1Cl)S(=O)(=O)c1ccccc1. The van der Waals surface area contributed by atoms with Crippen LogP contribution in [0.4, 0.5) is 5.69 Å². The molecule has 8 heteroatoms. The van der Waals surface area contributed by atoms with Crippen LogP contribution in [0.2, 0.25) is 10.0 Å². The second-order valence-corrected chi connectivity index (χ2v) is 7.40. The Morgan fingerprint density at radius 3 is 2.23 bits per heavy atom. The van der Waals surface area contributed by atoms with Crippen LogP contribution >= 0.6 is 34.8 Å². The monoisotopic (exact) mass is 377 g/mol. The lowest BCUT2D eigenvalue weighted by molar-refractivity contribution is -0.110. The molecule has 0 aromatic heterocycles. The molecule has 0 bridgehead atoms. The van der Waals surface area contributed by atoms with Gasteiger partial charge in [0.2, 0.25) is 5.24 Å². The molecule has 2 aromatic rings. The van der Waals surface area contributed by atoms with Gasteiger partial charge in [-0.15, -0.1) is 0 Å². The molecule has 0 aliphatic rings. The molecule has 116 valence electrons. The molecular weight excluding hydrogens is 369 g/mol. The van der Waals surface area contributed by atoms with Gasteiger partial charge in [-0.1, -0.05) is 41.4 Å². The van der Waals surface area contributed by atoms with Gasteiger partial charge < -0.3 is 0 Å². The standard InChI is InChI=1S/C14H10Cl3NO3S/c15-10-6-7-13(12(16)8-10)18(9-14(17)19)22(20,21)11-4-2-1-3-5-11/h1-8H,9H2. The Balaban J connectivity index is 2.58. The molecule has 2 rings (SSSR count). The zero-order valence-electron chi connectivity index (χ0n) is 11.0. The lowest BCUT2D eigenvalue weighted by atomic mass is 10.3. The smallest absolute Gasteiger partial charge is 0.264 e. The molecule has 0 amide bonds. The summed E-state index contributed by atoms with van der Waals surface area (Å²) in [7, 11) is -3.98. The van der Waals surface area contributed by atoms with Gasteiger partial charge in [0.1, 0.15) is 6.54 Å². The summed E-state index contributed by atoms with van der Waals surface area (Å²) in [5.74, 6) is 0. The van der Waals surface area contributed by atoms with Crippen LogP contribution in [0.25, 0.3) is 0 Å². The largest absolute Gasteiger partial charge is 0.279 e. The van der Waals surface area contributed by atoms with E-state index in [0.29, 0.717) is 5.02 Å². The third kappa shape index (κ3) is 3.73. The summed E-state index contributed by atoms with van der Waals surface area (Å²) in [5, 5.41) is -0.376. The van der Waals surface area contributed by atoms with Gasteiger partial charge in [0, 0.05) is 5.02 Å². The number of halogens is 3. The van der Waals surface area contributed by atoms with E-state index in [0.717, 1.165) is 4.31 Å². The third-order valence-corrected chi connectivity index (χ3v) is 5.21. The Hall–Kier alpha value is -1.27. The van der Waals surface area contributed by atoms with E-state index in [1.807, 2.05) is 0 Å². The summed E-state index contributed by atoms with van der Waals surface area (Å²) in [6.45, 7) is -0.542. The van der Waals surface area contributed by atoms with Crippen LogP contribution in [0.15, 0.2) is 53.4 Å². The first-order chi connectivity index (χ1) is 10.3. The maximum Gasteiger partial charge on any atom is 0.264 e. The van der Waals surface area contributed by atoms with Gasteiger partial charge in [-0.3, -0.25) is 9.10 Å². The highest BCUT2D eigenvalue weighted by Gasteiger charge is 2.28. The third-order valence-electron chi connectivity index (χ3n) is 2.78. The zero-order chi connectivity index (χ0) is 16.3. The maximum absolute atomic E-state index is 12.7. The lowest BCUT2D eigenvalue weighted by Gasteiger charge is -2.24. The highest BCUT2D eigenvalue weighted by Crippen LogP contribution is 2.32. The number of benzene rings is 2. The second-order valence-electron chi connectivity index (χ2n) is 4.28. The topological polar surface area (TPSA) is 54.5 Å². The van der Waals surface area contributed by atoms with E-state index in [1.54, 1.807) is 18.2 Å². The molecule has 0 N–H and O–H groups in total. The number of carbonyl (C=O) groups is 1. The summed E-state index contributed by atoms with van der Waals surface area (Å²) >= 11 is 17.3. The summed E-state index contributed by atoms with van der Waals surface area (Å²) in [6.07, 6.45) is 0. The quantitative estimate of drug-likeness (QED) is 0.740.